The molecule has 0 saturated heterocycles. The molecule has 0 aliphatic heterocycles. The third-order valence-corrected chi connectivity index (χ3v) is 13.6. The average Bonchev–Trinajstić information content (AvgIpc) is 3.35. The molecule has 3 rings (SSSR count). The Hall–Kier alpha value is -4.71. The summed E-state index contributed by atoms with van der Waals surface area (Å²) in [6, 6.07) is 13.0. The van der Waals surface area contributed by atoms with E-state index in [4.69, 9.17) is 14.2 Å². The van der Waals surface area contributed by atoms with Crippen LogP contribution in [0.2, 0.25) is 0 Å². The summed E-state index contributed by atoms with van der Waals surface area (Å²) in [7, 11) is 0. The number of benzene rings is 3. The van der Waals surface area contributed by atoms with Crippen molar-refractivity contribution < 1.29 is 28.6 Å². The summed E-state index contributed by atoms with van der Waals surface area (Å²) < 4.78 is 16.9. The molecule has 0 N–H and O–H groups in total. The summed E-state index contributed by atoms with van der Waals surface area (Å²) in [6.45, 7) is 45.8. The van der Waals surface area contributed by atoms with Gasteiger partial charge in [-0.1, -0.05) is 245 Å². The van der Waals surface area contributed by atoms with E-state index in [-0.39, 0.29) is 54.8 Å². The zero-order valence-corrected chi connectivity index (χ0v) is 51.6. The number of hydrogen-bond acceptors (Lipinski definition) is 6. The first kappa shape index (κ1) is 68.3. The van der Waals surface area contributed by atoms with Crippen LogP contribution in [-0.4, -0.2) is 37.7 Å². The molecule has 420 valence electrons. The third-order valence-electron chi connectivity index (χ3n) is 13.6. The fourth-order valence-corrected chi connectivity index (χ4v) is 8.69. The Morgan fingerprint density at radius 3 is 0.680 bits per heavy atom. The maximum absolute atomic E-state index is 13.2. The summed E-state index contributed by atoms with van der Waals surface area (Å²) >= 11 is 0. The molecule has 0 radical (unpaired) electrons. The van der Waals surface area contributed by atoms with E-state index in [9.17, 15) is 14.4 Å². The topological polar surface area (TPSA) is 78.9 Å². The van der Waals surface area contributed by atoms with Crippen molar-refractivity contribution >= 4 is 17.9 Å². The van der Waals surface area contributed by atoms with Crippen molar-refractivity contribution in [3.05, 3.63) is 140 Å². The molecule has 0 bridgehead atoms. The number of carbonyl (C=O) groups excluding carboxylic acids is 3. The van der Waals surface area contributed by atoms with Gasteiger partial charge in [-0.15, -0.1) is 0 Å². The highest BCUT2D eigenvalue weighted by Gasteiger charge is 2.26. The van der Waals surface area contributed by atoms with E-state index in [0.717, 1.165) is 45.4 Å². The van der Waals surface area contributed by atoms with Gasteiger partial charge in [0.2, 0.25) is 0 Å². The lowest BCUT2D eigenvalue weighted by Gasteiger charge is -2.22. The Kier molecular flexibility index (Phi) is 33.1. The SMILES string of the molecule is CC(C)c1cc(C(C)C)c(C(=O)OCC=CCOC(=O)c2c(C(C)C)cc(C(C)C)cc2C(C)C)c(C(C)C)c1.CCCCC=CCCCC.CCCCC=CCOC(=O)c1c(C(C)C)cc(C(C)C)cc1C(C)C. The lowest BCUT2D eigenvalue weighted by molar-refractivity contribution is 0.0523. The van der Waals surface area contributed by atoms with Crippen LogP contribution in [0.4, 0.5) is 0 Å². The Balaban J connectivity index is 0.000000679. The van der Waals surface area contributed by atoms with Crippen molar-refractivity contribution in [2.45, 2.75) is 256 Å². The van der Waals surface area contributed by atoms with Crippen molar-refractivity contribution in [2.75, 3.05) is 19.8 Å². The summed E-state index contributed by atoms with van der Waals surface area (Å²) in [5.41, 5.74) is 12.3. The van der Waals surface area contributed by atoms with Gasteiger partial charge < -0.3 is 14.2 Å². The zero-order valence-electron chi connectivity index (χ0n) is 51.6. The Labute approximate surface area is 460 Å². The second-order valence-electron chi connectivity index (χ2n) is 23.3. The maximum Gasteiger partial charge on any atom is 0.339 e. The predicted octanol–water partition coefficient (Wildman–Crippen LogP) is 20.9. The molecule has 0 spiro atoms. The van der Waals surface area contributed by atoms with Crippen molar-refractivity contribution in [3.8, 4) is 0 Å². The molecule has 0 aliphatic rings. The third kappa shape index (κ3) is 23.6. The largest absolute Gasteiger partial charge is 0.458 e. The van der Waals surface area contributed by atoms with Crippen LogP contribution in [0.3, 0.4) is 0 Å². The summed E-state index contributed by atoms with van der Waals surface area (Å²) in [4.78, 5) is 39.3. The molecule has 0 aromatic heterocycles. The minimum absolute atomic E-state index is 0.120. The monoisotopic (exact) mass is 1030 g/mol. The van der Waals surface area contributed by atoms with E-state index < -0.39 is 0 Å². The van der Waals surface area contributed by atoms with Gasteiger partial charge in [0.05, 0.1) is 16.7 Å². The van der Waals surface area contributed by atoms with Gasteiger partial charge in [-0.2, -0.15) is 0 Å². The van der Waals surface area contributed by atoms with Crippen LogP contribution < -0.4 is 0 Å². The number of ether oxygens (including phenoxy) is 3. The molecule has 0 amide bonds. The second-order valence-corrected chi connectivity index (χ2v) is 23.3. The molecule has 0 fully saturated rings. The van der Waals surface area contributed by atoms with E-state index >= 15 is 0 Å². The zero-order chi connectivity index (χ0) is 56.9. The van der Waals surface area contributed by atoms with Gasteiger partial charge in [0, 0.05) is 0 Å². The fourth-order valence-electron chi connectivity index (χ4n) is 8.69. The van der Waals surface area contributed by atoms with Gasteiger partial charge >= 0.3 is 17.9 Å². The van der Waals surface area contributed by atoms with Crippen LogP contribution in [0, 0.1) is 0 Å². The van der Waals surface area contributed by atoms with Crippen LogP contribution in [-0.2, 0) is 14.2 Å². The average molecular weight is 1030 g/mol. The number of allylic oxidation sites excluding steroid dienone is 3. The Morgan fingerprint density at radius 2 is 0.507 bits per heavy atom. The van der Waals surface area contributed by atoms with Crippen LogP contribution >= 0.6 is 0 Å². The Bertz CT molecular complexity index is 2050. The van der Waals surface area contributed by atoms with E-state index in [1.807, 2.05) is 6.08 Å². The van der Waals surface area contributed by atoms with Crippen LogP contribution in [0.1, 0.15) is 338 Å². The lowest BCUT2D eigenvalue weighted by atomic mass is 9.84. The van der Waals surface area contributed by atoms with Gasteiger partial charge in [-0.05, 0) is 135 Å². The van der Waals surface area contributed by atoms with E-state index in [0.29, 0.717) is 47.3 Å². The van der Waals surface area contributed by atoms with Gasteiger partial charge in [0.1, 0.15) is 19.8 Å². The number of rotatable bonds is 27. The summed E-state index contributed by atoms with van der Waals surface area (Å²) in [5.74, 6) is 1.80. The predicted molar refractivity (Wildman–Crippen MR) is 323 cm³/mol. The normalized spacial score (nSPS) is 11.9. The van der Waals surface area contributed by atoms with Crippen LogP contribution in [0.25, 0.3) is 0 Å². The summed E-state index contributed by atoms with van der Waals surface area (Å²) in [5, 5.41) is 0. The van der Waals surface area contributed by atoms with Gasteiger partial charge in [-0.25, -0.2) is 14.4 Å². The number of carbonyl (C=O) groups is 3. The maximum atomic E-state index is 13.2. The van der Waals surface area contributed by atoms with Crippen LogP contribution in [0.5, 0.6) is 0 Å². The minimum atomic E-state index is -0.308. The smallest absolute Gasteiger partial charge is 0.339 e. The molecule has 0 unspecified atom stereocenters. The highest BCUT2D eigenvalue weighted by molar-refractivity contribution is 5.95. The van der Waals surface area contributed by atoms with Gasteiger partial charge in [-0.3, -0.25) is 0 Å². The molecule has 0 heterocycles. The fraction of sp³-hybridized carbons (Fsp3) is 0.609. The molecule has 3 aromatic carbocycles. The molecule has 75 heavy (non-hydrogen) atoms. The first-order valence-electron chi connectivity index (χ1n) is 29.4. The number of unbranched alkanes of at least 4 members (excludes halogenated alkanes) is 6. The molecular formula is C69H108O6. The van der Waals surface area contributed by atoms with E-state index in [1.54, 1.807) is 12.2 Å². The van der Waals surface area contributed by atoms with Gasteiger partial charge in [0.15, 0.2) is 0 Å². The van der Waals surface area contributed by atoms with E-state index in [1.165, 1.54) is 68.1 Å². The molecular weight excluding hydrogens is 925 g/mol. The van der Waals surface area contributed by atoms with Crippen molar-refractivity contribution in [1.29, 1.82) is 0 Å². The van der Waals surface area contributed by atoms with Gasteiger partial charge in [0.25, 0.3) is 0 Å². The van der Waals surface area contributed by atoms with Crippen molar-refractivity contribution in [2.24, 2.45) is 0 Å². The minimum Gasteiger partial charge on any atom is -0.458 e. The highest BCUT2D eigenvalue weighted by Crippen LogP contribution is 2.36. The Morgan fingerprint density at radius 1 is 0.320 bits per heavy atom. The molecule has 6 nitrogen and oxygen atoms in total. The molecule has 0 aliphatic carbocycles. The first-order valence-corrected chi connectivity index (χ1v) is 29.4. The molecule has 0 saturated carbocycles. The molecule has 6 heteroatoms. The van der Waals surface area contributed by atoms with Crippen LogP contribution in [0.15, 0.2) is 72.9 Å². The van der Waals surface area contributed by atoms with Crippen molar-refractivity contribution in [3.63, 3.8) is 0 Å². The number of hydrogen-bond donors (Lipinski definition) is 0. The first-order chi connectivity index (χ1) is 35.4. The second kappa shape index (κ2) is 36.3. The molecule has 0 atom stereocenters. The van der Waals surface area contributed by atoms with Crippen molar-refractivity contribution in [1.82, 2.24) is 0 Å². The quantitative estimate of drug-likeness (QED) is 0.0328. The lowest BCUT2D eigenvalue weighted by Crippen LogP contribution is -2.15. The van der Waals surface area contributed by atoms with E-state index in [2.05, 4.69) is 200 Å². The summed E-state index contributed by atoms with van der Waals surface area (Å²) in [6.07, 6.45) is 23.5. The standard InChI is InChI=1S/C36H52O4.C23H36O2.C10H20/c1-21(2)27-17-29(23(5)6)33(30(18-27)24(7)8)35(37)39-15-13-14-16-40-36(38)34-31(25(9)10)19-28(22(3)4)20-32(34)26(11)12;1-8-9-10-11-12-13-25-23(24)22-20(17(4)5)14-19(16(2)3)15-21(22)18(6)7;1-3-5-7-9-10-8-6-4-2/h13-14,17-26H,15-16H2,1-12H3;11-12,14-18H,8-10,13H2,1-7H3;9-10H,3-8H2,1-2H3. The number of esters is 3. The molecule has 3 aromatic rings. The highest BCUT2D eigenvalue weighted by atomic mass is 16.5.